The van der Waals surface area contributed by atoms with Crippen molar-refractivity contribution in [3.05, 3.63) is 29.8 Å². The van der Waals surface area contributed by atoms with Gasteiger partial charge in [0.05, 0.1) is 5.52 Å². The number of aryl methyl sites for hydroxylation is 1. The summed E-state index contributed by atoms with van der Waals surface area (Å²) in [5.74, 6) is 1.09. The van der Waals surface area contributed by atoms with Crippen LogP contribution in [0.1, 0.15) is 25.2 Å². The number of benzene rings is 1. The summed E-state index contributed by atoms with van der Waals surface area (Å²) in [5.41, 5.74) is 1.31. The van der Waals surface area contributed by atoms with Crippen molar-refractivity contribution >= 4 is 22.6 Å². The van der Waals surface area contributed by atoms with Gasteiger partial charge >= 0.3 is 0 Å². The number of hydrogen-bond acceptors (Lipinski definition) is 2. The van der Waals surface area contributed by atoms with E-state index in [-0.39, 0.29) is 11.9 Å². The molecular weight excluding hydrogens is 277 g/mol. The third-order valence-electron chi connectivity index (χ3n) is 3.50. The van der Waals surface area contributed by atoms with Crippen molar-refractivity contribution in [3.8, 4) is 0 Å². The van der Waals surface area contributed by atoms with E-state index in [1.807, 2.05) is 6.07 Å². The molecule has 0 aliphatic heterocycles. The SMILES string of the molecule is CC(CCN(C)C)n1c(CCCl)nc2c(F)cccc21. The zero-order valence-electron chi connectivity index (χ0n) is 12.2. The fourth-order valence-electron chi connectivity index (χ4n) is 2.46. The molecule has 110 valence electrons. The first kappa shape index (κ1) is 15.3. The summed E-state index contributed by atoms with van der Waals surface area (Å²) in [6.07, 6.45) is 1.65. The van der Waals surface area contributed by atoms with E-state index in [1.165, 1.54) is 6.07 Å². The summed E-state index contributed by atoms with van der Waals surface area (Å²) < 4.78 is 16.0. The maximum Gasteiger partial charge on any atom is 0.151 e. The van der Waals surface area contributed by atoms with E-state index >= 15 is 0 Å². The molecule has 0 aliphatic carbocycles. The molecule has 0 aliphatic rings. The molecule has 0 spiro atoms. The lowest BCUT2D eigenvalue weighted by atomic mass is 10.2. The number of para-hydroxylation sites is 1. The summed E-state index contributed by atoms with van der Waals surface area (Å²) >= 11 is 5.85. The number of halogens is 2. The average Bonchev–Trinajstić information content (AvgIpc) is 2.76. The fraction of sp³-hybridized carbons (Fsp3) is 0.533. The van der Waals surface area contributed by atoms with E-state index in [9.17, 15) is 4.39 Å². The van der Waals surface area contributed by atoms with Gasteiger partial charge in [0, 0.05) is 18.3 Å². The van der Waals surface area contributed by atoms with Crippen LogP contribution in [0, 0.1) is 5.82 Å². The van der Waals surface area contributed by atoms with Gasteiger partial charge in [0.25, 0.3) is 0 Å². The molecule has 1 aromatic carbocycles. The summed E-state index contributed by atoms with van der Waals surface area (Å²) in [6.45, 7) is 3.13. The van der Waals surface area contributed by atoms with Crippen LogP contribution in [-0.4, -0.2) is 41.0 Å². The van der Waals surface area contributed by atoms with Crippen LogP contribution in [0.3, 0.4) is 0 Å². The number of rotatable bonds is 6. The summed E-state index contributed by atoms with van der Waals surface area (Å²) in [6, 6.07) is 5.38. The van der Waals surface area contributed by atoms with Crippen LogP contribution in [0.15, 0.2) is 18.2 Å². The van der Waals surface area contributed by atoms with Gasteiger partial charge in [-0.25, -0.2) is 9.37 Å². The van der Waals surface area contributed by atoms with E-state index in [0.29, 0.717) is 17.8 Å². The minimum absolute atomic E-state index is 0.266. The molecule has 1 heterocycles. The van der Waals surface area contributed by atoms with Gasteiger partial charge in [-0.15, -0.1) is 11.6 Å². The first-order valence-electron chi connectivity index (χ1n) is 6.90. The number of alkyl halides is 1. The van der Waals surface area contributed by atoms with Gasteiger partial charge in [-0.3, -0.25) is 0 Å². The smallest absolute Gasteiger partial charge is 0.151 e. The van der Waals surface area contributed by atoms with Crippen molar-refractivity contribution < 1.29 is 4.39 Å². The molecule has 1 unspecified atom stereocenters. The normalized spacial score (nSPS) is 13.3. The summed E-state index contributed by atoms with van der Waals surface area (Å²) in [5, 5.41) is 0. The Morgan fingerprint density at radius 3 is 2.80 bits per heavy atom. The lowest BCUT2D eigenvalue weighted by Crippen LogP contribution is -2.18. The molecule has 1 atom stereocenters. The van der Waals surface area contributed by atoms with Crippen molar-refractivity contribution in [3.63, 3.8) is 0 Å². The molecule has 20 heavy (non-hydrogen) atoms. The molecule has 2 aromatic rings. The van der Waals surface area contributed by atoms with Crippen molar-refractivity contribution in [1.82, 2.24) is 14.5 Å². The van der Waals surface area contributed by atoms with E-state index < -0.39 is 0 Å². The predicted molar refractivity (Wildman–Crippen MR) is 82.0 cm³/mol. The zero-order chi connectivity index (χ0) is 14.7. The highest BCUT2D eigenvalue weighted by molar-refractivity contribution is 6.17. The van der Waals surface area contributed by atoms with Crippen LogP contribution in [0.2, 0.25) is 0 Å². The number of aromatic nitrogens is 2. The molecule has 0 fully saturated rings. The monoisotopic (exact) mass is 297 g/mol. The second-order valence-corrected chi connectivity index (χ2v) is 5.76. The Labute approximate surface area is 124 Å². The van der Waals surface area contributed by atoms with E-state index in [4.69, 9.17) is 11.6 Å². The van der Waals surface area contributed by atoms with E-state index in [1.54, 1.807) is 6.07 Å². The van der Waals surface area contributed by atoms with Crippen LogP contribution in [0.25, 0.3) is 11.0 Å². The number of nitrogens with zero attached hydrogens (tertiary/aromatic N) is 3. The van der Waals surface area contributed by atoms with Crippen LogP contribution >= 0.6 is 11.6 Å². The molecular formula is C15H21ClFN3. The molecule has 0 amide bonds. The Hall–Kier alpha value is -1.13. The van der Waals surface area contributed by atoms with Gasteiger partial charge in [0.1, 0.15) is 11.3 Å². The molecule has 3 nitrogen and oxygen atoms in total. The van der Waals surface area contributed by atoms with Gasteiger partial charge in [-0.05, 0) is 46.1 Å². The largest absolute Gasteiger partial charge is 0.325 e. The zero-order valence-corrected chi connectivity index (χ0v) is 13.0. The first-order chi connectivity index (χ1) is 9.54. The Kier molecular flexibility index (Phi) is 5.00. The quantitative estimate of drug-likeness (QED) is 0.761. The Bertz CT molecular complexity index is 580. The highest BCUT2D eigenvalue weighted by Gasteiger charge is 2.17. The average molecular weight is 298 g/mol. The van der Waals surface area contributed by atoms with Crippen LogP contribution in [0.4, 0.5) is 4.39 Å². The molecule has 0 bridgehead atoms. The molecule has 1 aromatic heterocycles. The van der Waals surface area contributed by atoms with Crippen molar-refractivity contribution in [2.45, 2.75) is 25.8 Å². The van der Waals surface area contributed by atoms with Crippen molar-refractivity contribution in [2.24, 2.45) is 0 Å². The van der Waals surface area contributed by atoms with Gasteiger partial charge in [-0.1, -0.05) is 6.07 Å². The highest BCUT2D eigenvalue weighted by Crippen LogP contribution is 2.25. The third-order valence-corrected chi connectivity index (χ3v) is 3.69. The van der Waals surface area contributed by atoms with Gasteiger partial charge in [0.2, 0.25) is 0 Å². The topological polar surface area (TPSA) is 21.1 Å². The summed E-state index contributed by atoms with van der Waals surface area (Å²) in [7, 11) is 4.11. The maximum atomic E-state index is 13.9. The highest BCUT2D eigenvalue weighted by atomic mass is 35.5. The minimum atomic E-state index is -0.267. The molecule has 0 N–H and O–H groups in total. The van der Waals surface area contributed by atoms with Gasteiger partial charge in [-0.2, -0.15) is 0 Å². The standard InChI is InChI=1S/C15H21ClFN3/c1-11(8-10-19(2)3)20-13-6-4-5-12(17)15(13)18-14(20)7-9-16/h4-6,11H,7-10H2,1-3H3. The van der Waals surface area contributed by atoms with Crippen LogP contribution in [-0.2, 0) is 6.42 Å². The lowest BCUT2D eigenvalue weighted by molar-refractivity contribution is 0.357. The number of imidazole rings is 1. The molecule has 0 saturated heterocycles. The maximum absolute atomic E-state index is 13.9. The Morgan fingerprint density at radius 2 is 2.15 bits per heavy atom. The van der Waals surface area contributed by atoms with Crippen molar-refractivity contribution in [1.29, 1.82) is 0 Å². The predicted octanol–water partition coefficient (Wildman–Crippen LogP) is 3.47. The second kappa shape index (κ2) is 6.55. The Balaban J connectivity index is 2.43. The lowest BCUT2D eigenvalue weighted by Gasteiger charge is -2.19. The molecule has 5 heteroatoms. The minimum Gasteiger partial charge on any atom is -0.325 e. The third kappa shape index (κ3) is 3.13. The van der Waals surface area contributed by atoms with E-state index in [2.05, 4.69) is 35.5 Å². The molecule has 2 rings (SSSR count). The van der Waals surface area contributed by atoms with Crippen LogP contribution in [0.5, 0.6) is 0 Å². The first-order valence-corrected chi connectivity index (χ1v) is 7.44. The number of hydrogen-bond donors (Lipinski definition) is 0. The van der Waals surface area contributed by atoms with Gasteiger partial charge in [0.15, 0.2) is 5.82 Å². The molecule has 0 saturated carbocycles. The number of fused-ring (bicyclic) bond motifs is 1. The van der Waals surface area contributed by atoms with Gasteiger partial charge < -0.3 is 9.47 Å². The molecule has 0 radical (unpaired) electrons. The summed E-state index contributed by atoms with van der Waals surface area (Å²) in [4.78, 5) is 6.59. The van der Waals surface area contributed by atoms with Crippen molar-refractivity contribution in [2.75, 3.05) is 26.5 Å². The second-order valence-electron chi connectivity index (χ2n) is 5.39. The van der Waals surface area contributed by atoms with Crippen LogP contribution < -0.4 is 0 Å². The fourth-order valence-corrected chi connectivity index (χ4v) is 2.63. The Morgan fingerprint density at radius 1 is 1.40 bits per heavy atom. The van der Waals surface area contributed by atoms with E-state index in [0.717, 1.165) is 24.3 Å².